The Balaban J connectivity index is 1.97. The molecule has 1 aliphatic rings. The molecule has 0 heterocycles. The zero-order chi connectivity index (χ0) is 20.8. The highest BCUT2D eigenvalue weighted by molar-refractivity contribution is 5.96. The van der Waals surface area contributed by atoms with Gasteiger partial charge in [0.15, 0.2) is 0 Å². The smallest absolute Gasteiger partial charge is 0.246 e. The highest BCUT2D eigenvalue weighted by Crippen LogP contribution is 2.46. The molecular formula is C21H33N4O3+. The monoisotopic (exact) mass is 389 g/mol. The highest BCUT2D eigenvalue weighted by Gasteiger charge is 2.61. The van der Waals surface area contributed by atoms with E-state index in [0.717, 1.165) is 5.56 Å². The normalized spacial score (nSPS) is 20.9. The number of amides is 3. The number of hydrogen-bond acceptors (Lipinski definition) is 3. The topological polar surface area (TPSA) is 115 Å². The first kappa shape index (κ1) is 21.9. The molecule has 1 aliphatic carbocycles. The van der Waals surface area contributed by atoms with Crippen molar-refractivity contribution in [3.63, 3.8) is 0 Å². The predicted molar refractivity (Wildman–Crippen MR) is 107 cm³/mol. The first-order valence-corrected chi connectivity index (χ1v) is 9.90. The van der Waals surface area contributed by atoms with Crippen LogP contribution in [0.2, 0.25) is 0 Å². The second-order valence-electron chi connectivity index (χ2n) is 8.52. The largest absolute Gasteiger partial charge is 0.356 e. The minimum absolute atomic E-state index is 0.108. The van der Waals surface area contributed by atoms with Crippen LogP contribution in [0.15, 0.2) is 30.3 Å². The third-order valence-electron chi connectivity index (χ3n) is 4.76. The molecule has 1 fully saturated rings. The van der Waals surface area contributed by atoms with Gasteiger partial charge in [-0.25, -0.2) is 0 Å². The van der Waals surface area contributed by atoms with Crippen LogP contribution in [0.4, 0.5) is 0 Å². The predicted octanol–water partition coefficient (Wildman–Crippen LogP) is 0.157. The Morgan fingerprint density at radius 1 is 1.14 bits per heavy atom. The molecule has 0 aliphatic heterocycles. The molecule has 0 spiro atoms. The van der Waals surface area contributed by atoms with Crippen molar-refractivity contribution >= 4 is 17.7 Å². The van der Waals surface area contributed by atoms with Gasteiger partial charge in [0, 0.05) is 24.3 Å². The standard InChI is InChI=1S/C21H32N4O3/c1-20(2,3)24-18(27)13-16-14-21(16,19(28)23-12-11-22)25-17(26)10-9-15-7-5-4-6-8-15/h4-8,16H,9-14,22H2,1-3H3,(H,23,28)(H,24,27)(H,25,26)/p+1. The number of quaternary nitrogens is 1. The Kier molecular flexibility index (Phi) is 7.18. The molecule has 2 rings (SSSR count). The second kappa shape index (κ2) is 9.19. The minimum Gasteiger partial charge on any atom is -0.356 e. The van der Waals surface area contributed by atoms with Crippen LogP contribution < -0.4 is 21.7 Å². The first-order chi connectivity index (χ1) is 13.2. The molecule has 0 aromatic heterocycles. The second-order valence-corrected chi connectivity index (χ2v) is 8.52. The van der Waals surface area contributed by atoms with E-state index >= 15 is 0 Å². The van der Waals surface area contributed by atoms with E-state index in [9.17, 15) is 14.4 Å². The number of hydrogen-bond donors (Lipinski definition) is 4. The maximum atomic E-state index is 12.7. The molecule has 7 nitrogen and oxygen atoms in total. The molecular weight excluding hydrogens is 356 g/mol. The summed E-state index contributed by atoms with van der Waals surface area (Å²) in [6.07, 6.45) is 1.60. The average Bonchev–Trinajstić information content (AvgIpc) is 3.30. The fraction of sp³-hybridized carbons (Fsp3) is 0.571. The van der Waals surface area contributed by atoms with Gasteiger partial charge in [0.05, 0.1) is 13.1 Å². The Bertz CT molecular complexity index is 699. The van der Waals surface area contributed by atoms with E-state index in [1.165, 1.54) is 0 Å². The van der Waals surface area contributed by atoms with Gasteiger partial charge in [-0.2, -0.15) is 0 Å². The summed E-state index contributed by atoms with van der Waals surface area (Å²) in [6.45, 7) is 6.76. The molecule has 28 heavy (non-hydrogen) atoms. The van der Waals surface area contributed by atoms with Gasteiger partial charge in [-0.1, -0.05) is 30.3 Å². The Morgan fingerprint density at radius 2 is 1.82 bits per heavy atom. The van der Waals surface area contributed by atoms with Crippen molar-refractivity contribution in [2.75, 3.05) is 13.1 Å². The summed E-state index contributed by atoms with van der Waals surface area (Å²) >= 11 is 0. The number of nitrogens with one attached hydrogen (secondary N) is 3. The Labute approximate surface area is 166 Å². The van der Waals surface area contributed by atoms with Crippen LogP contribution in [-0.2, 0) is 20.8 Å². The number of carbonyl (C=O) groups excluding carboxylic acids is 3. The summed E-state index contributed by atoms with van der Waals surface area (Å²) in [4.78, 5) is 37.5. The quantitative estimate of drug-likeness (QED) is 0.482. The molecule has 0 bridgehead atoms. The molecule has 154 valence electrons. The zero-order valence-corrected chi connectivity index (χ0v) is 17.1. The fourth-order valence-corrected chi connectivity index (χ4v) is 3.33. The van der Waals surface area contributed by atoms with E-state index in [4.69, 9.17) is 0 Å². The van der Waals surface area contributed by atoms with E-state index < -0.39 is 5.54 Å². The third kappa shape index (κ3) is 6.34. The lowest BCUT2D eigenvalue weighted by Crippen LogP contribution is -2.58. The van der Waals surface area contributed by atoms with Gasteiger partial charge in [-0.05, 0) is 39.2 Å². The van der Waals surface area contributed by atoms with Gasteiger partial charge in [-0.15, -0.1) is 0 Å². The molecule has 1 saturated carbocycles. The SMILES string of the molecule is CC(C)(C)NC(=O)CC1CC1(NC(=O)CCc1ccccc1)C(=O)NCC[NH3+]. The molecule has 2 unspecified atom stereocenters. The minimum atomic E-state index is -0.988. The number of carbonyl (C=O) groups is 3. The lowest BCUT2D eigenvalue weighted by molar-refractivity contribution is -0.364. The lowest BCUT2D eigenvalue weighted by atomic mass is 10.1. The first-order valence-electron chi connectivity index (χ1n) is 9.90. The maximum Gasteiger partial charge on any atom is 0.246 e. The zero-order valence-electron chi connectivity index (χ0n) is 17.1. The third-order valence-corrected chi connectivity index (χ3v) is 4.76. The summed E-state index contributed by atoms with van der Waals surface area (Å²) in [5, 5.41) is 8.65. The van der Waals surface area contributed by atoms with E-state index in [1.54, 1.807) is 0 Å². The van der Waals surface area contributed by atoms with Gasteiger partial charge in [-0.3, -0.25) is 14.4 Å². The van der Waals surface area contributed by atoms with Crippen molar-refractivity contribution in [3.05, 3.63) is 35.9 Å². The van der Waals surface area contributed by atoms with Crippen LogP contribution in [0.1, 0.15) is 45.6 Å². The summed E-state index contributed by atoms with van der Waals surface area (Å²) in [6, 6.07) is 9.75. The van der Waals surface area contributed by atoms with Crippen LogP contribution in [0.25, 0.3) is 0 Å². The summed E-state index contributed by atoms with van der Waals surface area (Å²) in [5.74, 6) is -0.701. The number of aryl methyl sites for hydroxylation is 1. The van der Waals surface area contributed by atoms with Gasteiger partial charge >= 0.3 is 0 Å². The van der Waals surface area contributed by atoms with Crippen molar-refractivity contribution < 1.29 is 20.1 Å². The number of benzene rings is 1. The average molecular weight is 390 g/mol. The molecule has 3 amide bonds. The van der Waals surface area contributed by atoms with E-state index in [2.05, 4.69) is 21.7 Å². The maximum absolute atomic E-state index is 12.7. The molecule has 1 aromatic rings. The Hall–Kier alpha value is -2.41. The van der Waals surface area contributed by atoms with E-state index in [0.29, 0.717) is 32.4 Å². The van der Waals surface area contributed by atoms with Crippen LogP contribution in [-0.4, -0.2) is 41.9 Å². The molecule has 6 N–H and O–H groups in total. The van der Waals surface area contributed by atoms with Gasteiger partial charge < -0.3 is 21.7 Å². The summed E-state index contributed by atoms with van der Waals surface area (Å²) < 4.78 is 0. The van der Waals surface area contributed by atoms with Gasteiger partial charge in [0.25, 0.3) is 0 Å². The van der Waals surface area contributed by atoms with Crippen molar-refractivity contribution in [2.45, 2.75) is 57.5 Å². The molecule has 1 aromatic carbocycles. The molecule has 0 radical (unpaired) electrons. The summed E-state index contributed by atoms with van der Waals surface area (Å²) in [5.41, 5.74) is 3.48. The lowest BCUT2D eigenvalue weighted by Gasteiger charge is -2.22. The van der Waals surface area contributed by atoms with Crippen LogP contribution in [0.5, 0.6) is 0 Å². The van der Waals surface area contributed by atoms with E-state index in [-0.39, 0.29) is 35.6 Å². The number of rotatable bonds is 9. The van der Waals surface area contributed by atoms with Crippen molar-refractivity contribution in [2.24, 2.45) is 5.92 Å². The highest BCUT2D eigenvalue weighted by atomic mass is 16.2. The van der Waals surface area contributed by atoms with Crippen LogP contribution in [0.3, 0.4) is 0 Å². The van der Waals surface area contributed by atoms with E-state index in [1.807, 2.05) is 51.1 Å². The van der Waals surface area contributed by atoms with Crippen LogP contribution >= 0.6 is 0 Å². The molecule has 7 heteroatoms. The molecule has 0 saturated heterocycles. The summed E-state index contributed by atoms with van der Waals surface area (Å²) in [7, 11) is 0. The van der Waals surface area contributed by atoms with Crippen molar-refractivity contribution in [1.29, 1.82) is 0 Å². The van der Waals surface area contributed by atoms with Gasteiger partial charge in [0.1, 0.15) is 5.54 Å². The molecule has 2 atom stereocenters. The Morgan fingerprint density at radius 3 is 2.43 bits per heavy atom. The van der Waals surface area contributed by atoms with Crippen molar-refractivity contribution in [3.8, 4) is 0 Å². The van der Waals surface area contributed by atoms with Gasteiger partial charge in [0.2, 0.25) is 17.7 Å². The fourth-order valence-electron chi connectivity index (χ4n) is 3.33. The van der Waals surface area contributed by atoms with Crippen molar-refractivity contribution in [1.82, 2.24) is 16.0 Å². The van der Waals surface area contributed by atoms with Crippen LogP contribution in [0, 0.1) is 5.92 Å².